The fourth-order valence-electron chi connectivity index (χ4n) is 2.02. The van der Waals surface area contributed by atoms with Crippen molar-refractivity contribution in [2.24, 2.45) is 0 Å². The summed E-state index contributed by atoms with van der Waals surface area (Å²) in [6, 6.07) is 6.47. The normalized spacial score (nSPS) is 15.8. The van der Waals surface area contributed by atoms with Crippen LogP contribution in [0.25, 0.3) is 0 Å². The van der Waals surface area contributed by atoms with Crippen LogP contribution < -0.4 is 10.6 Å². The molecule has 0 radical (unpaired) electrons. The van der Waals surface area contributed by atoms with E-state index in [1.165, 1.54) is 0 Å². The Morgan fingerprint density at radius 2 is 1.85 bits per heavy atom. The Morgan fingerprint density at radius 1 is 1.25 bits per heavy atom. The molecule has 1 heterocycles. The molecule has 1 fully saturated rings. The molecule has 2 N–H and O–H groups in total. The quantitative estimate of drug-likeness (QED) is 0.838. The van der Waals surface area contributed by atoms with E-state index in [0.717, 1.165) is 25.9 Å². The smallest absolute Gasteiger partial charge is 0.288 e. The fraction of sp³-hybridized carbons (Fsp3) is 0.462. The Labute approximate surface area is 127 Å². The van der Waals surface area contributed by atoms with Gasteiger partial charge in [-0.05, 0) is 50.2 Å². The molecule has 20 heavy (non-hydrogen) atoms. The molecule has 2 rings (SSSR count). The van der Waals surface area contributed by atoms with Crippen LogP contribution in [0, 0.1) is 0 Å². The van der Waals surface area contributed by atoms with Crippen LogP contribution in [0.1, 0.15) is 23.2 Å². The van der Waals surface area contributed by atoms with Gasteiger partial charge in [0, 0.05) is 16.5 Å². The summed E-state index contributed by atoms with van der Waals surface area (Å²) >= 11 is 0.481. The Bertz CT molecular complexity index is 425. The molecule has 1 aromatic rings. The van der Waals surface area contributed by atoms with E-state index in [9.17, 15) is 13.6 Å². The second-order valence-electron chi connectivity index (χ2n) is 4.40. The van der Waals surface area contributed by atoms with E-state index < -0.39 is 5.76 Å². The molecule has 1 amide bonds. The van der Waals surface area contributed by atoms with E-state index in [1.807, 2.05) is 0 Å². The second kappa shape index (κ2) is 8.44. The predicted octanol–water partition coefficient (Wildman–Crippen LogP) is 2.90. The number of hydrogen-bond acceptors (Lipinski definition) is 3. The van der Waals surface area contributed by atoms with Gasteiger partial charge in [0.25, 0.3) is 11.7 Å². The summed E-state index contributed by atoms with van der Waals surface area (Å²) in [5.41, 5.74) is 0.511. The monoisotopic (exact) mass is 322 g/mol. The van der Waals surface area contributed by atoms with Crippen molar-refractivity contribution in [3.05, 3.63) is 29.8 Å². The Balaban J connectivity index is 0.00000200. The second-order valence-corrected chi connectivity index (χ2v) is 5.46. The van der Waals surface area contributed by atoms with Gasteiger partial charge in [0.2, 0.25) is 0 Å². The van der Waals surface area contributed by atoms with Crippen LogP contribution in [0.5, 0.6) is 0 Å². The molecular formula is C13H17ClF2N2OS. The van der Waals surface area contributed by atoms with Crippen molar-refractivity contribution in [1.82, 2.24) is 10.6 Å². The third-order valence-electron chi connectivity index (χ3n) is 3.02. The lowest BCUT2D eigenvalue weighted by molar-refractivity contribution is 0.0929. The first-order valence-corrected chi connectivity index (χ1v) is 7.09. The average Bonchev–Trinajstić information content (AvgIpc) is 2.40. The summed E-state index contributed by atoms with van der Waals surface area (Å²) in [6.45, 7) is 1.82. The molecule has 0 aliphatic carbocycles. The molecule has 1 aromatic carbocycles. The zero-order valence-electron chi connectivity index (χ0n) is 10.8. The molecular weight excluding hydrogens is 306 g/mol. The van der Waals surface area contributed by atoms with Gasteiger partial charge in [-0.1, -0.05) is 11.8 Å². The molecule has 0 aromatic heterocycles. The standard InChI is InChI=1S/C13H16F2N2OS.ClH/c14-13(15)19-11-3-1-9(2-4-11)12(18)17-10-5-7-16-8-6-10;/h1-4,10,13,16H,5-8H2,(H,17,18);1H. The third-order valence-corrected chi connectivity index (χ3v) is 3.74. The van der Waals surface area contributed by atoms with Crippen molar-refractivity contribution in [3.8, 4) is 0 Å². The summed E-state index contributed by atoms with van der Waals surface area (Å²) in [7, 11) is 0. The van der Waals surface area contributed by atoms with E-state index >= 15 is 0 Å². The Hall–Kier alpha value is -0.850. The first-order chi connectivity index (χ1) is 9.15. The van der Waals surface area contributed by atoms with Gasteiger partial charge < -0.3 is 10.6 Å². The summed E-state index contributed by atoms with van der Waals surface area (Å²) in [5.74, 6) is -2.57. The minimum Gasteiger partial charge on any atom is -0.349 e. The molecule has 1 saturated heterocycles. The van der Waals surface area contributed by atoms with Crippen LogP contribution in [0.15, 0.2) is 29.2 Å². The molecule has 1 aliphatic heterocycles. The van der Waals surface area contributed by atoms with Gasteiger partial charge in [-0.15, -0.1) is 12.4 Å². The molecule has 0 unspecified atom stereocenters. The van der Waals surface area contributed by atoms with Crippen molar-refractivity contribution >= 4 is 30.1 Å². The number of carbonyl (C=O) groups is 1. The number of rotatable bonds is 4. The van der Waals surface area contributed by atoms with Crippen molar-refractivity contribution in [3.63, 3.8) is 0 Å². The first kappa shape index (κ1) is 17.2. The summed E-state index contributed by atoms with van der Waals surface area (Å²) in [5, 5.41) is 6.19. The number of piperidine rings is 1. The van der Waals surface area contributed by atoms with E-state index in [0.29, 0.717) is 22.2 Å². The molecule has 7 heteroatoms. The maximum absolute atomic E-state index is 12.2. The lowest BCUT2D eigenvalue weighted by atomic mass is 10.1. The zero-order chi connectivity index (χ0) is 13.7. The molecule has 3 nitrogen and oxygen atoms in total. The molecule has 1 aliphatic rings. The van der Waals surface area contributed by atoms with E-state index in [4.69, 9.17) is 0 Å². The highest BCUT2D eigenvalue weighted by Gasteiger charge is 2.16. The van der Waals surface area contributed by atoms with Crippen LogP contribution in [-0.4, -0.2) is 30.8 Å². The molecule has 0 atom stereocenters. The van der Waals surface area contributed by atoms with Crippen LogP contribution in [0.2, 0.25) is 0 Å². The number of halogens is 3. The van der Waals surface area contributed by atoms with Crippen LogP contribution in [0.4, 0.5) is 8.78 Å². The topological polar surface area (TPSA) is 41.1 Å². The van der Waals surface area contributed by atoms with Crippen molar-refractivity contribution < 1.29 is 13.6 Å². The molecule has 112 valence electrons. The number of alkyl halides is 2. The third kappa shape index (κ3) is 5.26. The van der Waals surface area contributed by atoms with Crippen LogP contribution in [-0.2, 0) is 0 Å². The average molecular weight is 323 g/mol. The predicted molar refractivity (Wildman–Crippen MR) is 78.9 cm³/mol. The number of benzene rings is 1. The van der Waals surface area contributed by atoms with Crippen molar-refractivity contribution in [1.29, 1.82) is 0 Å². The van der Waals surface area contributed by atoms with Crippen LogP contribution in [0.3, 0.4) is 0 Å². The van der Waals surface area contributed by atoms with Crippen molar-refractivity contribution in [2.75, 3.05) is 13.1 Å². The Kier molecular flexibility index (Phi) is 7.26. The van der Waals surface area contributed by atoms with Crippen molar-refractivity contribution in [2.45, 2.75) is 29.5 Å². The first-order valence-electron chi connectivity index (χ1n) is 6.21. The zero-order valence-corrected chi connectivity index (χ0v) is 12.4. The summed E-state index contributed by atoms with van der Waals surface area (Å²) < 4.78 is 24.3. The van der Waals surface area contributed by atoms with Crippen LogP contribution >= 0.6 is 24.2 Å². The number of thioether (sulfide) groups is 1. The largest absolute Gasteiger partial charge is 0.349 e. The minimum atomic E-state index is -2.44. The van der Waals surface area contributed by atoms with E-state index in [2.05, 4.69) is 10.6 Å². The fourth-order valence-corrected chi connectivity index (χ4v) is 2.52. The highest BCUT2D eigenvalue weighted by Crippen LogP contribution is 2.25. The highest BCUT2D eigenvalue weighted by atomic mass is 35.5. The summed E-state index contributed by atoms with van der Waals surface area (Å²) in [6.07, 6.45) is 1.84. The number of amides is 1. The lowest BCUT2D eigenvalue weighted by Crippen LogP contribution is -2.42. The van der Waals surface area contributed by atoms with E-state index in [-0.39, 0.29) is 24.4 Å². The van der Waals surface area contributed by atoms with Gasteiger partial charge in [0.1, 0.15) is 0 Å². The SMILES string of the molecule is Cl.O=C(NC1CCNCC1)c1ccc(SC(F)F)cc1. The van der Waals surface area contributed by atoms with Gasteiger partial charge >= 0.3 is 0 Å². The highest BCUT2D eigenvalue weighted by molar-refractivity contribution is 7.99. The van der Waals surface area contributed by atoms with Gasteiger partial charge in [-0.3, -0.25) is 4.79 Å². The summed E-state index contributed by atoms with van der Waals surface area (Å²) in [4.78, 5) is 12.4. The number of hydrogen-bond donors (Lipinski definition) is 2. The number of carbonyl (C=O) groups excluding carboxylic acids is 1. The lowest BCUT2D eigenvalue weighted by Gasteiger charge is -2.23. The van der Waals surface area contributed by atoms with E-state index in [1.54, 1.807) is 24.3 Å². The maximum Gasteiger partial charge on any atom is 0.288 e. The maximum atomic E-state index is 12.2. The minimum absolute atomic E-state index is 0. The Morgan fingerprint density at radius 3 is 2.40 bits per heavy atom. The molecule has 0 bridgehead atoms. The van der Waals surface area contributed by atoms with Gasteiger partial charge in [-0.25, -0.2) is 0 Å². The van der Waals surface area contributed by atoms with Gasteiger partial charge in [-0.2, -0.15) is 8.78 Å². The molecule has 0 saturated carbocycles. The number of nitrogens with one attached hydrogen (secondary N) is 2. The van der Waals surface area contributed by atoms with Gasteiger partial charge in [0.05, 0.1) is 0 Å². The molecule has 0 spiro atoms. The van der Waals surface area contributed by atoms with Gasteiger partial charge in [0.15, 0.2) is 0 Å².